The smallest absolute Gasteiger partial charge is 0.265 e. The molecule has 1 N–H and O–H groups in total. The third-order valence-electron chi connectivity index (χ3n) is 4.66. The van der Waals surface area contributed by atoms with Gasteiger partial charge in [-0.1, -0.05) is 18.6 Å². The largest absolute Gasteiger partial charge is 0.321 e. The predicted octanol–water partition coefficient (Wildman–Crippen LogP) is 4.19. The van der Waals surface area contributed by atoms with Gasteiger partial charge in [-0.3, -0.25) is 9.59 Å². The lowest BCUT2D eigenvalue weighted by atomic mass is 10.2. The summed E-state index contributed by atoms with van der Waals surface area (Å²) in [6.45, 7) is 2.43. The van der Waals surface area contributed by atoms with Gasteiger partial charge in [-0.25, -0.2) is 0 Å². The molecule has 27 heavy (non-hydrogen) atoms. The maximum atomic E-state index is 12.5. The van der Waals surface area contributed by atoms with Crippen LogP contribution < -0.4 is 5.32 Å². The fraction of sp³-hybridized carbons (Fsp3) is 0.300. The summed E-state index contributed by atoms with van der Waals surface area (Å²) in [4.78, 5) is 25.0. The molecule has 1 aliphatic rings. The number of hydrogen-bond acceptors (Lipinski definition) is 5. The molecule has 0 saturated heterocycles. The highest BCUT2D eigenvalue weighted by Gasteiger charge is 2.17. The molecule has 1 amide bonds. The maximum Gasteiger partial charge on any atom is 0.265 e. The van der Waals surface area contributed by atoms with Gasteiger partial charge >= 0.3 is 0 Å². The Labute approximate surface area is 161 Å². The van der Waals surface area contributed by atoms with E-state index in [1.165, 1.54) is 24.7 Å². The van der Waals surface area contributed by atoms with Crippen molar-refractivity contribution in [2.45, 2.75) is 39.2 Å². The van der Waals surface area contributed by atoms with Crippen LogP contribution in [0.1, 0.15) is 51.4 Å². The number of hydrogen-bond donors (Lipinski definition) is 1. The standard InChI is InChI=1S/C20H20N4O2S/c1-13(25)16-9-10-17(27-16)20(26)21-15-7-5-6-14(12-15)19-23-22-18-8-3-2-4-11-24(18)19/h5-7,9-10,12H,2-4,8,11H2,1H3,(H,21,26). The second-order valence-corrected chi connectivity index (χ2v) is 7.74. The van der Waals surface area contributed by atoms with Gasteiger partial charge in [0.15, 0.2) is 11.6 Å². The Morgan fingerprint density at radius 1 is 1.07 bits per heavy atom. The number of amides is 1. The van der Waals surface area contributed by atoms with E-state index in [1.807, 2.05) is 24.3 Å². The number of aryl methyl sites for hydroxylation is 1. The van der Waals surface area contributed by atoms with E-state index in [0.717, 1.165) is 43.0 Å². The van der Waals surface area contributed by atoms with E-state index in [0.29, 0.717) is 15.4 Å². The number of benzene rings is 1. The van der Waals surface area contributed by atoms with E-state index < -0.39 is 0 Å². The van der Waals surface area contributed by atoms with Crippen LogP contribution in [0.2, 0.25) is 0 Å². The molecule has 1 aromatic carbocycles. The first kappa shape index (κ1) is 17.6. The minimum atomic E-state index is -0.218. The molecule has 3 aromatic rings. The molecule has 6 nitrogen and oxygen atoms in total. The highest BCUT2D eigenvalue weighted by Crippen LogP contribution is 2.25. The normalized spacial score (nSPS) is 13.7. The van der Waals surface area contributed by atoms with Gasteiger partial charge in [-0.2, -0.15) is 0 Å². The minimum absolute atomic E-state index is 0.0338. The molecule has 1 aliphatic heterocycles. The topological polar surface area (TPSA) is 76.9 Å². The molecule has 0 saturated carbocycles. The number of nitrogens with zero attached hydrogens (tertiary/aromatic N) is 3. The van der Waals surface area contributed by atoms with E-state index in [4.69, 9.17) is 0 Å². The van der Waals surface area contributed by atoms with Gasteiger partial charge < -0.3 is 9.88 Å². The first-order valence-electron chi connectivity index (χ1n) is 9.06. The van der Waals surface area contributed by atoms with Crippen molar-refractivity contribution in [2.75, 3.05) is 5.32 Å². The van der Waals surface area contributed by atoms with E-state index in [9.17, 15) is 9.59 Å². The molecular formula is C20H20N4O2S. The zero-order valence-electron chi connectivity index (χ0n) is 15.1. The van der Waals surface area contributed by atoms with Gasteiger partial charge in [0.1, 0.15) is 5.82 Å². The monoisotopic (exact) mass is 380 g/mol. The molecule has 7 heteroatoms. The molecule has 0 aliphatic carbocycles. The Bertz CT molecular complexity index is 1010. The molecule has 0 atom stereocenters. The fourth-order valence-corrected chi connectivity index (χ4v) is 4.07. The van der Waals surface area contributed by atoms with Crippen LogP contribution >= 0.6 is 11.3 Å². The van der Waals surface area contributed by atoms with Crippen molar-refractivity contribution in [3.05, 3.63) is 52.0 Å². The molecule has 138 valence electrons. The first-order chi connectivity index (χ1) is 13.1. The van der Waals surface area contributed by atoms with Crippen molar-refractivity contribution in [1.29, 1.82) is 0 Å². The lowest BCUT2D eigenvalue weighted by molar-refractivity contribution is 0.101. The molecular weight excluding hydrogens is 360 g/mol. The number of Topliss-reactive ketones (excluding diaryl/α,β-unsaturated/α-hetero) is 1. The number of carbonyl (C=O) groups is 2. The Kier molecular flexibility index (Phi) is 4.85. The van der Waals surface area contributed by atoms with E-state index in [-0.39, 0.29) is 11.7 Å². The van der Waals surface area contributed by atoms with Crippen molar-refractivity contribution in [3.8, 4) is 11.4 Å². The maximum absolute atomic E-state index is 12.5. The highest BCUT2D eigenvalue weighted by atomic mass is 32.1. The second kappa shape index (κ2) is 7.44. The van der Waals surface area contributed by atoms with Crippen molar-refractivity contribution in [2.24, 2.45) is 0 Å². The number of fused-ring (bicyclic) bond motifs is 1. The van der Waals surface area contributed by atoms with Gasteiger partial charge in [0.2, 0.25) is 0 Å². The Balaban J connectivity index is 1.57. The summed E-state index contributed by atoms with van der Waals surface area (Å²) in [5, 5.41) is 11.6. The van der Waals surface area contributed by atoms with Crippen LogP contribution in [-0.2, 0) is 13.0 Å². The van der Waals surface area contributed by atoms with Gasteiger partial charge in [0.25, 0.3) is 5.91 Å². The summed E-state index contributed by atoms with van der Waals surface area (Å²) in [6.07, 6.45) is 4.45. The van der Waals surface area contributed by atoms with Gasteiger partial charge in [-0.05, 0) is 44.0 Å². The van der Waals surface area contributed by atoms with Crippen molar-refractivity contribution in [3.63, 3.8) is 0 Å². The minimum Gasteiger partial charge on any atom is -0.321 e. The van der Waals surface area contributed by atoms with Crippen molar-refractivity contribution < 1.29 is 9.59 Å². The first-order valence-corrected chi connectivity index (χ1v) is 9.88. The summed E-state index contributed by atoms with van der Waals surface area (Å²) in [5.74, 6) is 1.63. The summed E-state index contributed by atoms with van der Waals surface area (Å²) in [5.41, 5.74) is 1.63. The van der Waals surface area contributed by atoms with Crippen LogP contribution in [0.5, 0.6) is 0 Å². The van der Waals surface area contributed by atoms with Crippen LogP contribution in [0.15, 0.2) is 36.4 Å². The molecule has 0 radical (unpaired) electrons. The van der Waals surface area contributed by atoms with Gasteiger partial charge in [0, 0.05) is 24.2 Å². The number of rotatable bonds is 4. The third kappa shape index (κ3) is 3.68. The van der Waals surface area contributed by atoms with Crippen molar-refractivity contribution in [1.82, 2.24) is 14.8 Å². The zero-order valence-corrected chi connectivity index (χ0v) is 15.9. The number of anilines is 1. The average Bonchev–Trinajstić information content (AvgIpc) is 3.24. The summed E-state index contributed by atoms with van der Waals surface area (Å²) in [7, 11) is 0. The lowest BCUT2D eigenvalue weighted by Crippen LogP contribution is -2.10. The van der Waals surface area contributed by atoms with Gasteiger partial charge in [-0.15, -0.1) is 21.5 Å². The Morgan fingerprint density at radius 2 is 1.93 bits per heavy atom. The molecule has 0 spiro atoms. The SMILES string of the molecule is CC(=O)c1ccc(C(=O)Nc2cccc(-c3nnc4n3CCCCC4)c2)s1. The lowest BCUT2D eigenvalue weighted by Gasteiger charge is -2.09. The Hall–Kier alpha value is -2.80. The quantitative estimate of drug-likeness (QED) is 0.689. The summed E-state index contributed by atoms with van der Waals surface area (Å²) >= 11 is 1.20. The third-order valence-corrected chi connectivity index (χ3v) is 5.85. The number of thiophene rings is 1. The molecule has 4 rings (SSSR count). The molecule has 0 bridgehead atoms. The molecule has 0 unspecified atom stereocenters. The highest BCUT2D eigenvalue weighted by molar-refractivity contribution is 7.16. The Morgan fingerprint density at radius 3 is 2.74 bits per heavy atom. The van der Waals surface area contributed by atoms with Crippen LogP contribution in [0, 0.1) is 0 Å². The predicted molar refractivity (Wildman–Crippen MR) is 105 cm³/mol. The number of ketones is 1. The second-order valence-electron chi connectivity index (χ2n) is 6.66. The van der Waals surface area contributed by atoms with E-state index >= 15 is 0 Å². The molecule has 0 fully saturated rings. The van der Waals surface area contributed by atoms with Gasteiger partial charge in [0.05, 0.1) is 9.75 Å². The molecule has 3 heterocycles. The fourth-order valence-electron chi connectivity index (χ4n) is 3.28. The summed E-state index contributed by atoms with van der Waals surface area (Å²) < 4.78 is 2.19. The van der Waals surface area contributed by atoms with Crippen LogP contribution in [0.25, 0.3) is 11.4 Å². The van der Waals surface area contributed by atoms with E-state index in [2.05, 4.69) is 20.1 Å². The van der Waals surface area contributed by atoms with Crippen LogP contribution in [0.3, 0.4) is 0 Å². The number of carbonyl (C=O) groups excluding carboxylic acids is 2. The zero-order chi connectivity index (χ0) is 18.8. The summed E-state index contributed by atoms with van der Waals surface area (Å²) in [6, 6.07) is 11.0. The molecule has 2 aromatic heterocycles. The number of nitrogens with one attached hydrogen (secondary N) is 1. The number of aromatic nitrogens is 3. The van der Waals surface area contributed by atoms with Crippen molar-refractivity contribution >= 4 is 28.7 Å². The van der Waals surface area contributed by atoms with Crippen LogP contribution in [-0.4, -0.2) is 26.5 Å². The van der Waals surface area contributed by atoms with Crippen LogP contribution in [0.4, 0.5) is 5.69 Å². The van der Waals surface area contributed by atoms with E-state index in [1.54, 1.807) is 12.1 Å². The average molecular weight is 380 g/mol.